The third-order valence-corrected chi connectivity index (χ3v) is 2.60. The van der Waals surface area contributed by atoms with Crippen LogP contribution in [0.3, 0.4) is 0 Å². The van der Waals surface area contributed by atoms with Crippen LogP contribution in [0, 0.1) is 0 Å². The lowest BCUT2D eigenvalue weighted by atomic mass is 10.3. The van der Waals surface area contributed by atoms with Gasteiger partial charge in [-0.3, -0.25) is 0 Å². The van der Waals surface area contributed by atoms with Crippen LogP contribution in [-0.2, 0) is 0 Å². The number of methoxy groups -OCH3 is 1. The normalized spacial score (nSPS) is 21.3. The third kappa shape index (κ3) is 1.82. The van der Waals surface area contributed by atoms with E-state index in [2.05, 4.69) is 4.90 Å². The van der Waals surface area contributed by atoms with Crippen molar-refractivity contribution in [1.82, 2.24) is 0 Å². The lowest BCUT2D eigenvalue weighted by Crippen LogP contribution is -2.20. The summed E-state index contributed by atoms with van der Waals surface area (Å²) in [4.78, 5) is 2.18. The second-order valence-electron chi connectivity index (χ2n) is 3.59. The fourth-order valence-electron chi connectivity index (χ4n) is 1.77. The Bertz CT molecular complexity index is 297. The smallest absolute Gasteiger partial charge is 0.119 e. The van der Waals surface area contributed by atoms with Crippen LogP contribution in [0.1, 0.15) is 6.42 Å². The molecule has 1 saturated heterocycles. The van der Waals surface area contributed by atoms with E-state index in [1.54, 1.807) is 7.11 Å². The first-order chi connectivity index (χ1) is 6.79. The molecule has 1 aliphatic rings. The molecule has 0 spiro atoms. The fourth-order valence-corrected chi connectivity index (χ4v) is 1.77. The maximum Gasteiger partial charge on any atom is 0.119 e. The van der Waals surface area contributed by atoms with Crippen molar-refractivity contribution >= 4 is 5.69 Å². The Hall–Kier alpha value is -1.22. The Morgan fingerprint density at radius 1 is 1.36 bits per heavy atom. The number of ether oxygens (including phenoxy) is 1. The quantitative estimate of drug-likeness (QED) is 0.767. The second-order valence-corrected chi connectivity index (χ2v) is 3.59. The van der Waals surface area contributed by atoms with Crippen LogP contribution in [0.5, 0.6) is 5.75 Å². The monoisotopic (exact) mass is 193 g/mol. The van der Waals surface area contributed by atoms with Gasteiger partial charge in [-0.15, -0.1) is 0 Å². The molecule has 1 N–H and O–H groups in total. The maximum atomic E-state index is 9.40. The third-order valence-electron chi connectivity index (χ3n) is 2.60. The predicted molar refractivity (Wildman–Crippen MR) is 55.8 cm³/mol. The van der Waals surface area contributed by atoms with E-state index < -0.39 is 0 Å². The predicted octanol–water partition coefficient (Wildman–Crippen LogP) is 1.27. The molecule has 14 heavy (non-hydrogen) atoms. The highest BCUT2D eigenvalue weighted by atomic mass is 16.5. The maximum absolute atomic E-state index is 9.40. The first-order valence-corrected chi connectivity index (χ1v) is 4.86. The average molecular weight is 193 g/mol. The number of hydrogen-bond acceptors (Lipinski definition) is 3. The van der Waals surface area contributed by atoms with Crippen LogP contribution in [0.15, 0.2) is 24.3 Å². The molecule has 76 valence electrons. The van der Waals surface area contributed by atoms with Crippen LogP contribution >= 0.6 is 0 Å². The van der Waals surface area contributed by atoms with Crippen molar-refractivity contribution in [3.05, 3.63) is 24.3 Å². The first kappa shape index (κ1) is 9.34. The van der Waals surface area contributed by atoms with E-state index in [9.17, 15) is 5.11 Å². The summed E-state index contributed by atoms with van der Waals surface area (Å²) in [5.74, 6) is 0.869. The van der Waals surface area contributed by atoms with Crippen molar-refractivity contribution < 1.29 is 9.84 Å². The zero-order chi connectivity index (χ0) is 9.97. The van der Waals surface area contributed by atoms with Gasteiger partial charge in [-0.05, 0) is 30.7 Å². The van der Waals surface area contributed by atoms with Gasteiger partial charge in [-0.2, -0.15) is 0 Å². The van der Waals surface area contributed by atoms with E-state index in [0.29, 0.717) is 0 Å². The van der Waals surface area contributed by atoms with E-state index in [4.69, 9.17) is 4.74 Å². The first-order valence-electron chi connectivity index (χ1n) is 4.86. The molecule has 0 bridgehead atoms. The minimum Gasteiger partial charge on any atom is -0.497 e. The lowest BCUT2D eigenvalue weighted by Gasteiger charge is -2.17. The van der Waals surface area contributed by atoms with Crippen LogP contribution < -0.4 is 9.64 Å². The van der Waals surface area contributed by atoms with E-state index in [1.807, 2.05) is 24.3 Å². The summed E-state index contributed by atoms with van der Waals surface area (Å²) >= 11 is 0. The Morgan fingerprint density at radius 3 is 2.57 bits per heavy atom. The van der Waals surface area contributed by atoms with Gasteiger partial charge in [0.15, 0.2) is 0 Å². The van der Waals surface area contributed by atoms with Gasteiger partial charge in [0.05, 0.1) is 13.2 Å². The van der Waals surface area contributed by atoms with Gasteiger partial charge in [0.2, 0.25) is 0 Å². The van der Waals surface area contributed by atoms with Crippen molar-refractivity contribution in [2.24, 2.45) is 0 Å². The van der Waals surface area contributed by atoms with Gasteiger partial charge in [0, 0.05) is 18.8 Å². The van der Waals surface area contributed by atoms with Gasteiger partial charge in [-0.25, -0.2) is 0 Å². The molecule has 1 atom stereocenters. The number of anilines is 1. The van der Waals surface area contributed by atoms with Crippen molar-refractivity contribution in [1.29, 1.82) is 0 Å². The molecule has 0 aromatic heterocycles. The molecule has 1 fully saturated rings. The molecule has 1 aliphatic heterocycles. The summed E-state index contributed by atoms with van der Waals surface area (Å²) in [6.45, 7) is 1.68. The molecule has 0 saturated carbocycles. The molecule has 0 radical (unpaired) electrons. The molecule has 2 rings (SSSR count). The Balaban J connectivity index is 2.09. The minimum atomic E-state index is -0.169. The summed E-state index contributed by atoms with van der Waals surface area (Å²) in [7, 11) is 1.66. The van der Waals surface area contributed by atoms with E-state index in [1.165, 1.54) is 0 Å². The van der Waals surface area contributed by atoms with Gasteiger partial charge < -0.3 is 14.7 Å². The van der Waals surface area contributed by atoms with Crippen LogP contribution in [-0.4, -0.2) is 31.4 Å². The summed E-state index contributed by atoms with van der Waals surface area (Å²) < 4.78 is 5.09. The largest absolute Gasteiger partial charge is 0.497 e. The van der Waals surface area contributed by atoms with Gasteiger partial charge in [0.1, 0.15) is 5.75 Å². The summed E-state index contributed by atoms with van der Waals surface area (Å²) in [6, 6.07) is 7.94. The highest BCUT2D eigenvalue weighted by Gasteiger charge is 2.19. The molecule has 1 aromatic carbocycles. The topological polar surface area (TPSA) is 32.7 Å². The summed E-state index contributed by atoms with van der Waals surface area (Å²) in [6.07, 6.45) is 0.698. The standard InChI is InChI=1S/C11H15NO2/c1-14-11-4-2-9(3-5-11)12-7-6-10(13)8-12/h2-5,10,13H,6-8H2,1H3/t10-/m1/s1. The highest BCUT2D eigenvalue weighted by Crippen LogP contribution is 2.22. The highest BCUT2D eigenvalue weighted by molar-refractivity contribution is 5.49. The second kappa shape index (κ2) is 3.88. The zero-order valence-corrected chi connectivity index (χ0v) is 8.31. The van der Waals surface area contributed by atoms with E-state index in [-0.39, 0.29) is 6.10 Å². The summed E-state index contributed by atoms with van der Waals surface area (Å²) in [5.41, 5.74) is 1.15. The van der Waals surface area contributed by atoms with Crippen molar-refractivity contribution in [2.75, 3.05) is 25.1 Å². The van der Waals surface area contributed by atoms with Gasteiger partial charge >= 0.3 is 0 Å². The van der Waals surface area contributed by atoms with Crippen LogP contribution in [0.2, 0.25) is 0 Å². The molecule has 0 unspecified atom stereocenters. The van der Waals surface area contributed by atoms with Crippen LogP contribution in [0.25, 0.3) is 0 Å². The lowest BCUT2D eigenvalue weighted by molar-refractivity contribution is 0.198. The fraction of sp³-hybridized carbons (Fsp3) is 0.455. The molecule has 1 heterocycles. The Morgan fingerprint density at radius 2 is 2.07 bits per heavy atom. The van der Waals surface area contributed by atoms with Crippen molar-refractivity contribution in [3.8, 4) is 5.75 Å². The van der Waals surface area contributed by atoms with E-state index in [0.717, 1.165) is 30.9 Å². The van der Waals surface area contributed by atoms with Gasteiger partial charge in [0.25, 0.3) is 0 Å². The Kier molecular flexibility index (Phi) is 2.59. The van der Waals surface area contributed by atoms with Gasteiger partial charge in [-0.1, -0.05) is 0 Å². The molecule has 3 heteroatoms. The number of nitrogens with zero attached hydrogens (tertiary/aromatic N) is 1. The number of rotatable bonds is 2. The molecular weight excluding hydrogens is 178 g/mol. The van der Waals surface area contributed by atoms with Crippen LogP contribution in [0.4, 0.5) is 5.69 Å². The minimum absolute atomic E-state index is 0.169. The molecule has 3 nitrogen and oxygen atoms in total. The number of aliphatic hydroxyl groups excluding tert-OH is 1. The van der Waals surface area contributed by atoms with E-state index >= 15 is 0 Å². The molecule has 1 aromatic rings. The zero-order valence-electron chi connectivity index (χ0n) is 8.31. The molecular formula is C11H15NO2. The number of benzene rings is 1. The SMILES string of the molecule is COc1ccc(N2CC[C@@H](O)C2)cc1. The number of aliphatic hydroxyl groups is 1. The average Bonchev–Trinajstić information content (AvgIpc) is 2.65. The Labute approximate surface area is 83.9 Å². The molecule has 0 amide bonds. The van der Waals surface area contributed by atoms with Crippen molar-refractivity contribution in [2.45, 2.75) is 12.5 Å². The number of β-amino-alcohol motifs (C(OH)–C–C–N with tert-alkyl or cyclic N) is 1. The summed E-state index contributed by atoms with van der Waals surface area (Å²) in [5, 5.41) is 9.40. The van der Waals surface area contributed by atoms with Crippen molar-refractivity contribution in [3.63, 3.8) is 0 Å². The number of hydrogen-bond donors (Lipinski definition) is 1. The molecule has 0 aliphatic carbocycles.